The molecule has 1 saturated heterocycles. The number of carbonyl (C=O) groups excluding carboxylic acids is 1. The van der Waals surface area contributed by atoms with Gasteiger partial charge in [0.2, 0.25) is 0 Å². The number of likely N-dealkylation sites (tertiary alicyclic amines) is 1. The molecule has 2 amide bonds. The van der Waals surface area contributed by atoms with Crippen molar-refractivity contribution in [2.24, 2.45) is 5.41 Å². The van der Waals surface area contributed by atoms with E-state index in [1.54, 1.807) is 0 Å². The van der Waals surface area contributed by atoms with Crippen LogP contribution in [0.15, 0.2) is 0 Å². The summed E-state index contributed by atoms with van der Waals surface area (Å²) in [5, 5.41) is 12.0. The Balaban J connectivity index is 1.82. The molecule has 6 nitrogen and oxygen atoms in total. The van der Waals surface area contributed by atoms with E-state index in [0.29, 0.717) is 12.6 Å². The van der Waals surface area contributed by atoms with E-state index in [-0.39, 0.29) is 17.9 Å². The van der Waals surface area contributed by atoms with Crippen molar-refractivity contribution in [2.75, 3.05) is 33.7 Å². The molecule has 1 unspecified atom stereocenters. The fraction of sp³-hybridized carbons (Fsp3) is 0.867. The summed E-state index contributed by atoms with van der Waals surface area (Å²) in [5.41, 5.74) is -0.210. The van der Waals surface area contributed by atoms with Crippen LogP contribution in [0.1, 0.15) is 38.5 Å². The number of carboxylic acid groups (broad SMARTS) is 1. The molecule has 1 aliphatic carbocycles. The number of urea groups is 1. The average Bonchev–Trinajstić information content (AvgIpc) is 2.41. The lowest BCUT2D eigenvalue weighted by Gasteiger charge is -2.42. The van der Waals surface area contributed by atoms with Gasteiger partial charge in [0, 0.05) is 25.7 Å². The molecule has 0 spiro atoms. The average molecular weight is 297 g/mol. The highest BCUT2D eigenvalue weighted by atomic mass is 16.4. The van der Waals surface area contributed by atoms with Crippen LogP contribution in [0.5, 0.6) is 0 Å². The number of amides is 2. The van der Waals surface area contributed by atoms with Crippen molar-refractivity contribution < 1.29 is 14.7 Å². The largest absolute Gasteiger partial charge is 0.481 e. The van der Waals surface area contributed by atoms with Crippen LogP contribution in [0.2, 0.25) is 0 Å². The number of piperidine rings is 1. The molecule has 2 fully saturated rings. The lowest BCUT2D eigenvalue weighted by Crippen LogP contribution is -2.53. The molecular formula is C15H27N3O3. The standard InChI is InChI=1S/C15H27N3O3/c1-17(2)12-5-3-8-18(10-12)14(21)16-11-15(6-4-7-15)9-13(19)20/h12H,3-11H2,1-2H3,(H,16,21)(H,19,20). The lowest BCUT2D eigenvalue weighted by atomic mass is 9.66. The van der Waals surface area contributed by atoms with Crippen LogP contribution in [-0.2, 0) is 4.79 Å². The number of carbonyl (C=O) groups is 2. The first kappa shape index (κ1) is 16.1. The van der Waals surface area contributed by atoms with E-state index in [4.69, 9.17) is 5.11 Å². The number of likely N-dealkylation sites (N-methyl/N-ethyl adjacent to an activating group) is 1. The SMILES string of the molecule is CN(C)C1CCCN(C(=O)NCC2(CC(=O)O)CCC2)C1. The Hall–Kier alpha value is -1.30. The summed E-state index contributed by atoms with van der Waals surface area (Å²) < 4.78 is 0. The molecule has 2 aliphatic rings. The molecule has 2 N–H and O–H groups in total. The van der Waals surface area contributed by atoms with Gasteiger partial charge >= 0.3 is 12.0 Å². The van der Waals surface area contributed by atoms with Crippen LogP contribution in [0.4, 0.5) is 4.79 Å². The van der Waals surface area contributed by atoms with Crippen molar-refractivity contribution in [2.45, 2.75) is 44.6 Å². The minimum absolute atomic E-state index is 0.0433. The molecule has 1 saturated carbocycles. The fourth-order valence-corrected chi connectivity index (χ4v) is 3.35. The van der Waals surface area contributed by atoms with E-state index in [9.17, 15) is 9.59 Å². The van der Waals surface area contributed by atoms with Crippen LogP contribution in [-0.4, -0.2) is 66.7 Å². The maximum atomic E-state index is 12.3. The molecule has 1 heterocycles. The smallest absolute Gasteiger partial charge is 0.317 e. The minimum Gasteiger partial charge on any atom is -0.481 e. The second-order valence-electron chi connectivity index (χ2n) is 6.79. The van der Waals surface area contributed by atoms with Crippen molar-refractivity contribution in [1.29, 1.82) is 0 Å². The third-order valence-electron chi connectivity index (χ3n) is 4.97. The van der Waals surface area contributed by atoms with Gasteiger partial charge in [-0.05, 0) is 45.2 Å². The van der Waals surface area contributed by atoms with Gasteiger partial charge in [-0.1, -0.05) is 6.42 Å². The molecule has 2 rings (SSSR count). The topological polar surface area (TPSA) is 72.9 Å². The minimum atomic E-state index is -0.769. The van der Waals surface area contributed by atoms with E-state index in [2.05, 4.69) is 10.2 Å². The normalized spacial score (nSPS) is 24.5. The number of nitrogens with one attached hydrogen (secondary N) is 1. The zero-order valence-electron chi connectivity index (χ0n) is 13.1. The summed E-state index contributed by atoms with van der Waals surface area (Å²) in [6.45, 7) is 2.04. The van der Waals surface area contributed by atoms with Crippen molar-refractivity contribution in [3.63, 3.8) is 0 Å². The summed E-state index contributed by atoms with van der Waals surface area (Å²) >= 11 is 0. The predicted octanol–water partition coefficient (Wildman–Crippen LogP) is 1.37. The summed E-state index contributed by atoms with van der Waals surface area (Å²) in [6.07, 6.45) is 5.18. The summed E-state index contributed by atoms with van der Waals surface area (Å²) in [7, 11) is 4.09. The molecule has 6 heteroatoms. The Bertz CT molecular complexity index is 394. The first-order valence-corrected chi connectivity index (χ1v) is 7.83. The molecule has 0 aromatic rings. The molecule has 0 radical (unpaired) electrons. The van der Waals surface area contributed by atoms with Gasteiger partial charge in [0.1, 0.15) is 0 Å². The monoisotopic (exact) mass is 297 g/mol. The molecule has 0 bridgehead atoms. The number of hydrogen-bond donors (Lipinski definition) is 2. The van der Waals surface area contributed by atoms with E-state index in [1.807, 2.05) is 19.0 Å². The fourth-order valence-electron chi connectivity index (χ4n) is 3.35. The maximum Gasteiger partial charge on any atom is 0.317 e. The van der Waals surface area contributed by atoms with Crippen molar-refractivity contribution in [3.8, 4) is 0 Å². The second-order valence-corrected chi connectivity index (χ2v) is 6.79. The number of rotatable bonds is 5. The van der Waals surface area contributed by atoms with Gasteiger partial charge in [-0.15, -0.1) is 0 Å². The number of nitrogens with zero attached hydrogens (tertiary/aromatic N) is 2. The van der Waals surface area contributed by atoms with Gasteiger partial charge < -0.3 is 20.2 Å². The van der Waals surface area contributed by atoms with Gasteiger partial charge in [-0.25, -0.2) is 4.79 Å². The van der Waals surface area contributed by atoms with Gasteiger partial charge in [0.25, 0.3) is 0 Å². The molecule has 0 aromatic heterocycles. The Morgan fingerprint density at radius 1 is 1.33 bits per heavy atom. The Kier molecular flexibility index (Phi) is 5.08. The summed E-state index contributed by atoms with van der Waals surface area (Å²) in [5.74, 6) is -0.769. The Morgan fingerprint density at radius 3 is 2.57 bits per heavy atom. The first-order valence-electron chi connectivity index (χ1n) is 7.83. The van der Waals surface area contributed by atoms with Crippen molar-refractivity contribution in [1.82, 2.24) is 15.1 Å². The molecule has 1 aliphatic heterocycles. The Labute approximate surface area is 126 Å². The summed E-state index contributed by atoms with van der Waals surface area (Å²) in [4.78, 5) is 27.3. The highest BCUT2D eigenvalue weighted by Crippen LogP contribution is 2.43. The van der Waals surface area contributed by atoms with Gasteiger partial charge in [-0.3, -0.25) is 4.79 Å². The third kappa shape index (κ3) is 4.09. The third-order valence-corrected chi connectivity index (χ3v) is 4.97. The highest BCUT2D eigenvalue weighted by molar-refractivity contribution is 5.74. The highest BCUT2D eigenvalue weighted by Gasteiger charge is 2.39. The van der Waals surface area contributed by atoms with Crippen LogP contribution >= 0.6 is 0 Å². The van der Waals surface area contributed by atoms with Crippen LogP contribution < -0.4 is 5.32 Å². The van der Waals surface area contributed by atoms with E-state index < -0.39 is 5.97 Å². The molecule has 120 valence electrons. The zero-order chi connectivity index (χ0) is 15.5. The van der Waals surface area contributed by atoms with E-state index in [1.165, 1.54) is 0 Å². The molecule has 1 atom stereocenters. The second kappa shape index (κ2) is 6.64. The molecule has 0 aromatic carbocycles. The van der Waals surface area contributed by atoms with Gasteiger partial charge in [-0.2, -0.15) is 0 Å². The summed E-state index contributed by atoms with van der Waals surface area (Å²) in [6, 6.07) is 0.374. The number of carboxylic acids is 1. The van der Waals surface area contributed by atoms with Crippen LogP contribution in [0.3, 0.4) is 0 Å². The number of hydrogen-bond acceptors (Lipinski definition) is 3. The Morgan fingerprint density at radius 2 is 2.05 bits per heavy atom. The van der Waals surface area contributed by atoms with E-state index in [0.717, 1.165) is 45.2 Å². The predicted molar refractivity (Wildman–Crippen MR) is 80.2 cm³/mol. The van der Waals surface area contributed by atoms with Crippen LogP contribution in [0, 0.1) is 5.41 Å². The molecule has 21 heavy (non-hydrogen) atoms. The van der Waals surface area contributed by atoms with Crippen LogP contribution in [0.25, 0.3) is 0 Å². The van der Waals surface area contributed by atoms with Gasteiger partial charge in [0.05, 0.1) is 6.42 Å². The first-order chi connectivity index (χ1) is 9.92. The number of aliphatic carboxylic acids is 1. The zero-order valence-corrected chi connectivity index (χ0v) is 13.1. The molecular weight excluding hydrogens is 270 g/mol. The van der Waals surface area contributed by atoms with Crippen molar-refractivity contribution in [3.05, 3.63) is 0 Å². The lowest BCUT2D eigenvalue weighted by molar-refractivity contribution is -0.141. The van der Waals surface area contributed by atoms with E-state index >= 15 is 0 Å². The van der Waals surface area contributed by atoms with Crippen molar-refractivity contribution >= 4 is 12.0 Å². The van der Waals surface area contributed by atoms with Gasteiger partial charge in [0.15, 0.2) is 0 Å². The maximum absolute atomic E-state index is 12.3. The quantitative estimate of drug-likeness (QED) is 0.804.